The van der Waals surface area contributed by atoms with E-state index in [-0.39, 0.29) is 17.7 Å². The average molecular weight is 349 g/mol. The zero-order chi connectivity index (χ0) is 15.0. The molecule has 6 nitrogen and oxygen atoms in total. The summed E-state index contributed by atoms with van der Waals surface area (Å²) < 4.78 is 6.46. The van der Waals surface area contributed by atoms with Gasteiger partial charge in [-0.25, -0.2) is 4.98 Å². The average Bonchev–Trinajstić information content (AvgIpc) is 3.07. The van der Waals surface area contributed by atoms with E-state index in [4.69, 9.17) is 4.42 Å². The second-order valence-electron chi connectivity index (χ2n) is 4.84. The molecule has 2 N–H and O–H groups in total. The van der Waals surface area contributed by atoms with Gasteiger partial charge in [-0.15, -0.1) is 0 Å². The van der Waals surface area contributed by atoms with Crippen molar-refractivity contribution in [3.8, 4) is 0 Å². The molecular weight excluding hydrogens is 336 g/mol. The van der Waals surface area contributed by atoms with Crippen molar-refractivity contribution in [2.75, 3.05) is 0 Å². The summed E-state index contributed by atoms with van der Waals surface area (Å²) in [4.78, 5) is 16.2. The number of aromatic amines is 1. The Bertz CT molecular complexity index is 795. The number of fused-ring (bicyclic) bond motifs is 1. The number of H-pyrrole nitrogens is 1. The Kier molecular flexibility index (Phi) is 3.50. The first-order valence-electron chi connectivity index (χ1n) is 6.40. The monoisotopic (exact) mass is 348 g/mol. The fraction of sp³-hybridized carbons (Fsp3) is 0.214. The van der Waals surface area contributed by atoms with Gasteiger partial charge in [0.05, 0.1) is 10.5 Å². The van der Waals surface area contributed by atoms with Crippen molar-refractivity contribution in [2.24, 2.45) is 0 Å². The van der Waals surface area contributed by atoms with E-state index in [1.807, 2.05) is 26.0 Å². The fourth-order valence-corrected chi connectivity index (χ4v) is 2.79. The zero-order valence-electron chi connectivity index (χ0n) is 11.5. The van der Waals surface area contributed by atoms with Gasteiger partial charge >= 0.3 is 0 Å². The van der Waals surface area contributed by atoms with Crippen LogP contribution >= 0.6 is 15.9 Å². The Morgan fingerprint density at radius 2 is 2.24 bits per heavy atom. The minimum Gasteiger partial charge on any atom is -0.450 e. The number of furan rings is 1. The summed E-state index contributed by atoms with van der Waals surface area (Å²) in [6.45, 7) is 3.81. The standard InChI is InChI=1S/C14H13BrN4O2/c1-7-3-9-5-11(21-12(9)10(15)4-7)14(20)18-8(2)13-16-6-17-19-13/h3-6,8H,1-2H3,(H,18,20)(H,16,17,19)/t8-/m1/s1. The van der Waals surface area contributed by atoms with Crippen molar-refractivity contribution in [2.45, 2.75) is 19.9 Å². The highest BCUT2D eigenvalue weighted by atomic mass is 79.9. The molecule has 0 aliphatic heterocycles. The maximum Gasteiger partial charge on any atom is 0.287 e. The number of hydrogen-bond acceptors (Lipinski definition) is 4. The number of halogens is 1. The molecule has 0 saturated heterocycles. The Labute approximate surface area is 129 Å². The van der Waals surface area contributed by atoms with E-state index in [9.17, 15) is 4.79 Å². The van der Waals surface area contributed by atoms with Crippen LogP contribution < -0.4 is 5.32 Å². The van der Waals surface area contributed by atoms with Crippen LogP contribution in [0.3, 0.4) is 0 Å². The Hall–Kier alpha value is -2.15. The molecule has 7 heteroatoms. The van der Waals surface area contributed by atoms with Crippen molar-refractivity contribution >= 4 is 32.8 Å². The van der Waals surface area contributed by atoms with Crippen LogP contribution in [0.2, 0.25) is 0 Å². The van der Waals surface area contributed by atoms with Gasteiger partial charge in [0.25, 0.3) is 5.91 Å². The van der Waals surface area contributed by atoms with Gasteiger partial charge in [0.15, 0.2) is 5.76 Å². The summed E-state index contributed by atoms with van der Waals surface area (Å²) in [5, 5.41) is 10.2. The largest absolute Gasteiger partial charge is 0.450 e. The number of hydrogen-bond donors (Lipinski definition) is 2. The van der Waals surface area contributed by atoms with Gasteiger partial charge in [-0.05, 0) is 53.5 Å². The minimum atomic E-state index is -0.292. The van der Waals surface area contributed by atoms with E-state index in [1.165, 1.54) is 6.33 Å². The predicted octanol–water partition coefficient (Wildman–Crippen LogP) is 3.11. The summed E-state index contributed by atoms with van der Waals surface area (Å²) in [6, 6.07) is 5.37. The fourth-order valence-electron chi connectivity index (χ4n) is 2.12. The van der Waals surface area contributed by atoms with Crippen LogP contribution in [0.4, 0.5) is 0 Å². The first kappa shape index (κ1) is 13.8. The molecule has 0 unspecified atom stereocenters. The first-order valence-corrected chi connectivity index (χ1v) is 7.19. The van der Waals surface area contributed by atoms with E-state index in [0.717, 1.165) is 15.4 Å². The molecule has 108 valence electrons. The van der Waals surface area contributed by atoms with Gasteiger partial charge in [0, 0.05) is 5.39 Å². The number of benzene rings is 1. The Morgan fingerprint density at radius 3 is 2.95 bits per heavy atom. The van der Waals surface area contributed by atoms with Crippen molar-refractivity contribution in [1.82, 2.24) is 20.5 Å². The molecule has 0 bridgehead atoms. The quantitative estimate of drug-likeness (QED) is 0.761. The number of carbonyl (C=O) groups is 1. The number of nitrogens with one attached hydrogen (secondary N) is 2. The highest BCUT2D eigenvalue weighted by molar-refractivity contribution is 9.10. The number of aryl methyl sites for hydroxylation is 1. The van der Waals surface area contributed by atoms with E-state index in [1.54, 1.807) is 6.07 Å². The maximum absolute atomic E-state index is 12.2. The maximum atomic E-state index is 12.2. The van der Waals surface area contributed by atoms with Crippen molar-refractivity contribution in [1.29, 1.82) is 0 Å². The minimum absolute atomic E-state index is 0.266. The molecule has 0 saturated carbocycles. The number of rotatable bonds is 3. The van der Waals surface area contributed by atoms with Crippen molar-refractivity contribution in [3.05, 3.63) is 46.1 Å². The van der Waals surface area contributed by atoms with Crippen LogP contribution in [-0.2, 0) is 0 Å². The lowest BCUT2D eigenvalue weighted by Crippen LogP contribution is -2.27. The molecule has 1 aromatic carbocycles. The smallest absolute Gasteiger partial charge is 0.287 e. The lowest BCUT2D eigenvalue weighted by Gasteiger charge is -2.08. The summed E-state index contributed by atoms with van der Waals surface area (Å²) in [6.07, 6.45) is 1.40. The molecule has 0 spiro atoms. The number of amides is 1. The molecular formula is C14H13BrN4O2. The number of nitrogens with zero attached hydrogens (tertiary/aromatic N) is 2. The Balaban J connectivity index is 1.86. The van der Waals surface area contributed by atoms with Gasteiger partial charge in [0.2, 0.25) is 0 Å². The lowest BCUT2D eigenvalue weighted by atomic mass is 10.2. The molecule has 0 aliphatic rings. The van der Waals surface area contributed by atoms with Crippen LogP contribution in [0.25, 0.3) is 11.0 Å². The third kappa shape index (κ3) is 2.69. The molecule has 1 amide bonds. The van der Waals surface area contributed by atoms with E-state index < -0.39 is 0 Å². The normalized spacial score (nSPS) is 12.5. The molecule has 3 aromatic rings. The molecule has 1 atom stereocenters. The van der Waals surface area contributed by atoms with Gasteiger partial charge < -0.3 is 9.73 Å². The predicted molar refractivity (Wildman–Crippen MR) is 80.9 cm³/mol. The van der Waals surface area contributed by atoms with Crippen molar-refractivity contribution in [3.63, 3.8) is 0 Å². The van der Waals surface area contributed by atoms with Crippen LogP contribution in [0.5, 0.6) is 0 Å². The summed E-state index contributed by atoms with van der Waals surface area (Å²) in [5.41, 5.74) is 1.76. The second-order valence-corrected chi connectivity index (χ2v) is 5.70. The lowest BCUT2D eigenvalue weighted by molar-refractivity contribution is 0.0912. The van der Waals surface area contributed by atoms with Crippen LogP contribution in [0, 0.1) is 6.92 Å². The second kappa shape index (κ2) is 5.33. The van der Waals surface area contributed by atoms with E-state index in [2.05, 4.69) is 36.4 Å². The van der Waals surface area contributed by atoms with Crippen LogP contribution in [-0.4, -0.2) is 21.1 Å². The highest BCUT2D eigenvalue weighted by Gasteiger charge is 2.18. The van der Waals surface area contributed by atoms with Crippen LogP contribution in [0.1, 0.15) is 34.9 Å². The summed E-state index contributed by atoms with van der Waals surface area (Å²) >= 11 is 3.44. The summed E-state index contributed by atoms with van der Waals surface area (Å²) in [7, 11) is 0. The number of carbonyl (C=O) groups excluding carboxylic acids is 1. The number of aromatic nitrogens is 3. The molecule has 3 rings (SSSR count). The molecule has 0 fully saturated rings. The van der Waals surface area contributed by atoms with Gasteiger partial charge in [-0.2, -0.15) is 5.10 Å². The third-order valence-electron chi connectivity index (χ3n) is 3.13. The van der Waals surface area contributed by atoms with Gasteiger partial charge in [0.1, 0.15) is 17.7 Å². The molecule has 0 radical (unpaired) electrons. The first-order chi connectivity index (χ1) is 10.0. The van der Waals surface area contributed by atoms with Crippen LogP contribution in [0.15, 0.2) is 33.4 Å². The SMILES string of the molecule is Cc1cc(Br)c2oc(C(=O)N[C@H](C)c3ncn[nH]3)cc2c1. The van der Waals surface area contributed by atoms with Crippen molar-refractivity contribution < 1.29 is 9.21 Å². The van der Waals surface area contributed by atoms with Gasteiger partial charge in [-0.3, -0.25) is 9.89 Å². The Morgan fingerprint density at radius 1 is 1.43 bits per heavy atom. The molecule has 21 heavy (non-hydrogen) atoms. The van der Waals surface area contributed by atoms with Gasteiger partial charge in [-0.1, -0.05) is 0 Å². The third-order valence-corrected chi connectivity index (χ3v) is 3.72. The molecule has 0 aliphatic carbocycles. The van der Waals surface area contributed by atoms with E-state index >= 15 is 0 Å². The highest BCUT2D eigenvalue weighted by Crippen LogP contribution is 2.28. The topological polar surface area (TPSA) is 83.8 Å². The van der Waals surface area contributed by atoms with E-state index in [0.29, 0.717) is 11.4 Å². The summed E-state index contributed by atoms with van der Waals surface area (Å²) in [5.74, 6) is 0.568. The molecule has 2 heterocycles. The zero-order valence-corrected chi connectivity index (χ0v) is 13.1. The molecule has 2 aromatic heterocycles.